The molecule has 0 aromatic heterocycles. The molecule has 0 aliphatic carbocycles. The molecule has 2 aliphatic heterocycles. The van der Waals surface area contributed by atoms with Gasteiger partial charge in [-0.15, -0.1) is 0 Å². The van der Waals surface area contributed by atoms with Gasteiger partial charge >= 0.3 is 0 Å². The van der Waals surface area contributed by atoms with Gasteiger partial charge in [0, 0.05) is 38.1 Å². The molecule has 2 saturated heterocycles. The summed E-state index contributed by atoms with van der Waals surface area (Å²) in [6.45, 7) is 5.22. The predicted molar refractivity (Wildman–Crippen MR) is 129 cm³/mol. The molecular weight excluding hydrogens is 433 g/mol. The van der Waals surface area contributed by atoms with E-state index >= 15 is 0 Å². The van der Waals surface area contributed by atoms with E-state index in [4.69, 9.17) is 4.74 Å². The van der Waals surface area contributed by atoms with Crippen molar-refractivity contribution >= 4 is 11.8 Å². The van der Waals surface area contributed by atoms with Crippen LogP contribution in [-0.4, -0.2) is 73.4 Å². The molecule has 2 heterocycles. The summed E-state index contributed by atoms with van der Waals surface area (Å²) in [5, 5.41) is 0. The largest absolute Gasteiger partial charge is 0.497 e. The first-order chi connectivity index (χ1) is 16.3. The zero-order chi connectivity index (χ0) is 24.3. The molecule has 1 atom stereocenters. The highest BCUT2D eigenvalue weighted by Crippen LogP contribution is 2.35. The second-order valence-corrected chi connectivity index (χ2v) is 9.73. The number of carbonyl (C=O) groups excluding carboxylic acids is 2. The number of methoxy groups -OCH3 is 1. The van der Waals surface area contributed by atoms with E-state index in [9.17, 15) is 14.0 Å². The molecule has 4 rings (SSSR count). The number of amides is 2. The highest BCUT2D eigenvalue weighted by molar-refractivity contribution is 5.84. The van der Waals surface area contributed by atoms with Gasteiger partial charge in [-0.2, -0.15) is 0 Å². The van der Waals surface area contributed by atoms with Crippen molar-refractivity contribution < 1.29 is 18.7 Å². The van der Waals surface area contributed by atoms with Gasteiger partial charge in [-0.1, -0.05) is 37.3 Å². The van der Waals surface area contributed by atoms with E-state index in [0.29, 0.717) is 44.6 Å². The van der Waals surface area contributed by atoms with Crippen LogP contribution in [0.2, 0.25) is 0 Å². The van der Waals surface area contributed by atoms with E-state index in [0.717, 1.165) is 12.3 Å². The van der Waals surface area contributed by atoms with Crippen LogP contribution in [0.25, 0.3) is 0 Å². The molecule has 0 spiro atoms. The summed E-state index contributed by atoms with van der Waals surface area (Å²) in [6, 6.07) is 14.6. The number of benzene rings is 2. The van der Waals surface area contributed by atoms with E-state index in [-0.39, 0.29) is 30.1 Å². The second kappa shape index (κ2) is 10.1. The third-order valence-corrected chi connectivity index (χ3v) is 7.47. The van der Waals surface area contributed by atoms with E-state index < -0.39 is 5.41 Å². The van der Waals surface area contributed by atoms with Crippen molar-refractivity contribution in [2.24, 2.45) is 5.41 Å². The first kappa shape index (κ1) is 24.2. The van der Waals surface area contributed by atoms with Gasteiger partial charge in [-0.05, 0) is 49.2 Å². The number of piperidine rings is 1. The van der Waals surface area contributed by atoms with Gasteiger partial charge in [0.2, 0.25) is 11.8 Å². The summed E-state index contributed by atoms with van der Waals surface area (Å²) >= 11 is 0. The van der Waals surface area contributed by atoms with Crippen LogP contribution in [-0.2, 0) is 16.0 Å². The topological polar surface area (TPSA) is 53.1 Å². The van der Waals surface area contributed by atoms with Crippen molar-refractivity contribution in [3.63, 3.8) is 0 Å². The monoisotopic (exact) mass is 467 g/mol. The minimum absolute atomic E-state index is 0.0549. The summed E-state index contributed by atoms with van der Waals surface area (Å²) < 4.78 is 19.2. The minimum atomic E-state index is -0.491. The van der Waals surface area contributed by atoms with Crippen LogP contribution in [0.4, 0.5) is 4.39 Å². The Balaban J connectivity index is 1.37. The zero-order valence-electron chi connectivity index (χ0n) is 20.3. The number of likely N-dealkylation sites (tertiary alicyclic amines) is 1. The molecule has 34 heavy (non-hydrogen) atoms. The Labute approximate surface area is 201 Å². The van der Waals surface area contributed by atoms with Crippen LogP contribution in [0.1, 0.15) is 36.9 Å². The van der Waals surface area contributed by atoms with E-state index in [1.165, 1.54) is 11.6 Å². The predicted octanol–water partition coefficient (Wildman–Crippen LogP) is 3.52. The van der Waals surface area contributed by atoms with Gasteiger partial charge in [0.25, 0.3) is 0 Å². The number of hydrogen-bond donors (Lipinski definition) is 0. The second-order valence-electron chi connectivity index (χ2n) is 9.73. The molecule has 0 bridgehead atoms. The number of nitrogens with zero attached hydrogens (tertiary/aromatic N) is 3. The number of carbonyl (C=O) groups is 2. The fraction of sp³-hybridized carbons (Fsp3) is 0.481. The Kier molecular flexibility index (Phi) is 7.22. The summed E-state index contributed by atoms with van der Waals surface area (Å²) in [5.74, 6) is 0.549. The molecule has 2 fully saturated rings. The van der Waals surface area contributed by atoms with Gasteiger partial charge in [0.15, 0.2) is 0 Å². The molecule has 2 aromatic carbocycles. The number of hydrogen-bond acceptors (Lipinski definition) is 4. The molecule has 182 valence electrons. The standard InChI is InChI=1S/C27H34FN3O3/c1-27(12-14-30(15-13-27)25(32)18-21-6-4-5-7-23(21)28)26(33)31-17-16-29(2)24(19-31)20-8-10-22(34-3)11-9-20/h4-11,24H,12-19H2,1-3H3/t24-/m0/s1. The van der Waals surface area contributed by atoms with Crippen LogP contribution in [0.15, 0.2) is 48.5 Å². The third kappa shape index (κ3) is 5.09. The maximum atomic E-state index is 13.9. The van der Waals surface area contributed by atoms with Gasteiger partial charge in [-0.25, -0.2) is 4.39 Å². The Hall–Kier alpha value is -2.93. The number of likely N-dealkylation sites (N-methyl/N-ethyl adjacent to an activating group) is 1. The smallest absolute Gasteiger partial charge is 0.228 e. The Bertz CT molecular complexity index is 1020. The van der Waals surface area contributed by atoms with Gasteiger partial charge < -0.3 is 14.5 Å². The number of halogens is 1. The average molecular weight is 468 g/mol. The van der Waals surface area contributed by atoms with E-state index in [2.05, 4.69) is 24.1 Å². The van der Waals surface area contributed by atoms with Gasteiger partial charge in [-0.3, -0.25) is 14.5 Å². The first-order valence-corrected chi connectivity index (χ1v) is 12.0. The lowest BCUT2D eigenvalue weighted by Gasteiger charge is -2.45. The van der Waals surface area contributed by atoms with Crippen LogP contribution in [0.5, 0.6) is 5.75 Å². The Morgan fingerprint density at radius 1 is 1.00 bits per heavy atom. The molecule has 6 nitrogen and oxygen atoms in total. The number of rotatable bonds is 5. The lowest BCUT2D eigenvalue weighted by molar-refractivity contribution is -0.149. The van der Waals surface area contributed by atoms with Crippen molar-refractivity contribution in [1.82, 2.24) is 14.7 Å². The molecule has 2 amide bonds. The van der Waals surface area contributed by atoms with Gasteiger partial charge in [0.05, 0.1) is 19.6 Å². The Morgan fingerprint density at radius 2 is 1.68 bits per heavy atom. The molecule has 0 unspecified atom stereocenters. The van der Waals surface area contributed by atoms with E-state index in [1.54, 1.807) is 30.2 Å². The quantitative estimate of drug-likeness (QED) is 0.675. The number of ether oxygens (including phenoxy) is 1. The zero-order valence-corrected chi connectivity index (χ0v) is 20.3. The van der Waals surface area contributed by atoms with Crippen LogP contribution >= 0.6 is 0 Å². The lowest BCUT2D eigenvalue weighted by Crippen LogP contribution is -2.55. The fourth-order valence-electron chi connectivity index (χ4n) is 5.01. The molecule has 2 aliphatic rings. The van der Waals surface area contributed by atoms with Crippen LogP contribution < -0.4 is 4.74 Å². The maximum absolute atomic E-state index is 13.9. The van der Waals surface area contributed by atoms with Gasteiger partial charge in [0.1, 0.15) is 11.6 Å². The van der Waals surface area contributed by atoms with Crippen molar-refractivity contribution in [3.05, 3.63) is 65.5 Å². The first-order valence-electron chi connectivity index (χ1n) is 12.0. The summed E-state index contributed by atoms with van der Waals surface area (Å²) in [5.41, 5.74) is 1.09. The SMILES string of the molecule is COc1ccc([C@@H]2CN(C(=O)C3(C)CCN(C(=O)Cc4ccccc4F)CC3)CCN2C)cc1. The molecule has 0 radical (unpaired) electrons. The van der Waals surface area contributed by atoms with Crippen molar-refractivity contribution in [2.75, 3.05) is 46.9 Å². The minimum Gasteiger partial charge on any atom is -0.497 e. The van der Waals surface area contributed by atoms with Crippen molar-refractivity contribution in [3.8, 4) is 5.75 Å². The van der Waals surface area contributed by atoms with Crippen molar-refractivity contribution in [1.29, 1.82) is 0 Å². The summed E-state index contributed by atoms with van der Waals surface area (Å²) in [7, 11) is 3.75. The molecule has 0 saturated carbocycles. The molecule has 7 heteroatoms. The lowest BCUT2D eigenvalue weighted by atomic mass is 9.78. The molecular formula is C27H34FN3O3. The highest BCUT2D eigenvalue weighted by atomic mass is 19.1. The van der Waals surface area contributed by atoms with E-state index in [1.807, 2.05) is 24.0 Å². The molecule has 2 aromatic rings. The fourth-order valence-corrected chi connectivity index (χ4v) is 5.01. The van der Waals surface area contributed by atoms with Crippen LogP contribution in [0, 0.1) is 11.2 Å². The Morgan fingerprint density at radius 3 is 2.32 bits per heavy atom. The third-order valence-electron chi connectivity index (χ3n) is 7.47. The molecule has 0 N–H and O–H groups in total. The number of piperazine rings is 1. The normalized spacial score (nSPS) is 20.8. The van der Waals surface area contributed by atoms with Crippen LogP contribution in [0.3, 0.4) is 0 Å². The average Bonchev–Trinajstić information content (AvgIpc) is 2.86. The maximum Gasteiger partial charge on any atom is 0.228 e. The van der Waals surface area contributed by atoms with Crippen molar-refractivity contribution in [2.45, 2.75) is 32.2 Å². The highest BCUT2D eigenvalue weighted by Gasteiger charge is 2.42. The summed E-state index contributed by atoms with van der Waals surface area (Å²) in [6.07, 6.45) is 1.29. The summed E-state index contributed by atoms with van der Waals surface area (Å²) in [4.78, 5) is 32.4.